The van der Waals surface area contributed by atoms with E-state index in [4.69, 9.17) is 0 Å². The molecule has 0 atom stereocenters. The Labute approximate surface area is 172 Å². The van der Waals surface area contributed by atoms with E-state index in [0.29, 0.717) is 11.3 Å². The number of nitrogens with zero attached hydrogens (tertiary/aromatic N) is 6. The molecule has 0 bridgehead atoms. The van der Waals surface area contributed by atoms with Crippen molar-refractivity contribution in [2.45, 2.75) is 12.7 Å². The zero-order valence-electron chi connectivity index (χ0n) is 16.4. The first-order chi connectivity index (χ1) is 14.6. The summed E-state index contributed by atoms with van der Waals surface area (Å²) in [5, 5.41) is 14.5. The number of anilines is 2. The number of aromatic nitrogens is 5. The summed E-state index contributed by atoms with van der Waals surface area (Å²) in [7, 11) is 3.18. The second kappa shape index (κ2) is 7.38. The fourth-order valence-electron chi connectivity index (χ4n) is 3.12. The Kier molecular flexibility index (Phi) is 4.84. The third-order valence-corrected chi connectivity index (χ3v) is 4.56. The number of carbonyl (C=O) groups excluding carboxylic acids is 1. The molecule has 31 heavy (non-hydrogen) atoms. The van der Waals surface area contributed by atoms with Crippen molar-refractivity contribution in [1.29, 1.82) is 0 Å². The maximum absolute atomic E-state index is 13.1. The molecule has 0 saturated carbocycles. The predicted octanol–water partition coefficient (Wildman–Crippen LogP) is 2.16. The van der Waals surface area contributed by atoms with Crippen LogP contribution in [0.2, 0.25) is 0 Å². The Bertz CT molecular complexity index is 1360. The molecule has 9 nitrogen and oxygen atoms in total. The van der Waals surface area contributed by atoms with Crippen LogP contribution in [0, 0.1) is 0 Å². The predicted molar refractivity (Wildman–Crippen MR) is 107 cm³/mol. The summed E-state index contributed by atoms with van der Waals surface area (Å²) in [4.78, 5) is 26.8. The van der Waals surface area contributed by atoms with Crippen molar-refractivity contribution >= 4 is 33.8 Å². The van der Waals surface area contributed by atoms with Gasteiger partial charge in [-0.2, -0.15) is 18.3 Å². The lowest BCUT2D eigenvalue weighted by Crippen LogP contribution is -2.31. The van der Waals surface area contributed by atoms with E-state index in [1.807, 2.05) is 0 Å². The first-order valence-electron chi connectivity index (χ1n) is 9.02. The molecule has 1 N–H and O–H groups in total. The molecule has 160 valence electrons. The molecular weight excluding hydrogens is 415 g/mol. The SMILES string of the molecule is CN(C)c1nn(CC(=O)Nc2ccc3nncn3c2)c(=O)c2ccc(C(F)(F)F)cc12. The highest BCUT2D eigenvalue weighted by atomic mass is 19.4. The van der Waals surface area contributed by atoms with E-state index < -0.39 is 29.8 Å². The largest absolute Gasteiger partial charge is 0.416 e. The Morgan fingerprint density at radius 1 is 1.16 bits per heavy atom. The van der Waals surface area contributed by atoms with Crippen molar-refractivity contribution in [1.82, 2.24) is 24.4 Å². The van der Waals surface area contributed by atoms with E-state index in [1.54, 1.807) is 36.8 Å². The van der Waals surface area contributed by atoms with Crippen LogP contribution in [0.25, 0.3) is 16.4 Å². The molecule has 0 fully saturated rings. The van der Waals surface area contributed by atoms with Crippen LogP contribution in [0.5, 0.6) is 0 Å². The molecule has 0 unspecified atom stereocenters. The summed E-state index contributed by atoms with van der Waals surface area (Å²) in [6.07, 6.45) is -1.48. The molecule has 4 rings (SSSR count). The van der Waals surface area contributed by atoms with E-state index in [-0.39, 0.29) is 16.6 Å². The van der Waals surface area contributed by atoms with Crippen molar-refractivity contribution in [2.75, 3.05) is 24.3 Å². The number of amides is 1. The molecule has 0 aliphatic heterocycles. The highest BCUT2D eigenvalue weighted by Crippen LogP contribution is 2.32. The highest BCUT2D eigenvalue weighted by Gasteiger charge is 2.31. The molecule has 1 aromatic carbocycles. The third kappa shape index (κ3) is 3.91. The van der Waals surface area contributed by atoms with Gasteiger partial charge in [0.1, 0.15) is 12.9 Å². The zero-order valence-corrected chi connectivity index (χ0v) is 16.4. The van der Waals surface area contributed by atoms with Gasteiger partial charge in [0.2, 0.25) is 5.91 Å². The second-order valence-corrected chi connectivity index (χ2v) is 7.00. The van der Waals surface area contributed by atoms with Crippen molar-refractivity contribution < 1.29 is 18.0 Å². The molecule has 3 heterocycles. The van der Waals surface area contributed by atoms with E-state index in [1.165, 1.54) is 11.2 Å². The van der Waals surface area contributed by atoms with Gasteiger partial charge in [-0.1, -0.05) is 0 Å². The van der Waals surface area contributed by atoms with Gasteiger partial charge in [0, 0.05) is 25.7 Å². The fraction of sp³-hybridized carbons (Fsp3) is 0.211. The fourth-order valence-corrected chi connectivity index (χ4v) is 3.12. The van der Waals surface area contributed by atoms with Gasteiger partial charge in [0.15, 0.2) is 11.5 Å². The molecule has 0 radical (unpaired) electrons. The first-order valence-corrected chi connectivity index (χ1v) is 9.02. The molecule has 12 heteroatoms. The number of hydrogen-bond donors (Lipinski definition) is 1. The van der Waals surface area contributed by atoms with Gasteiger partial charge >= 0.3 is 6.18 Å². The third-order valence-electron chi connectivity index (χ3n) is 4.56. The van der Waals surface area contributed by atoms with Crippen LogP contribution in [0.1, 0.15) is 5.56 Å². The molecule has 0 spiro atoms. The quantitative estimate of drug-likeness (QED) is 0.532. The van der Waals surface area contributed by atoms with Gasteiger partial charge in [0.25, 0.3) is 5.56 Å². The number of carbonyl (C=O) groups is 1. The zero-order chi connectivity index (χ0) is 22.3. The van der Waals surface area contributed by atoms with Gasteiger partial charge in [-0.3, -0.25) is 14.0 Å². The van der Waals surface area contributed by atoms with Crippen molar-refractivity contribution in [3.63, 3.8) is 0 Å². The smallest absolute Gasteiger partial charge is 0.361 e. The average molecular weight is 431 g/mol. The highest BCUT2D eigenvalue weighted by molar-refractivity contribution is 5.93. The Balaban J connectivity index is 1.68. The monoisotopic (exact) mass is 431 g/mol. The van der Waals surface area contributed by atoms with E-state index in [0.717, 1.165) is 22.9 Å². The van der Waals surface area contributed by atoms with Crippen LogP contribution in [0.3, 0.4) is 0 Å². The second-order valence-electron chi connectivity index (χ2n) is 7.00. The topological polar surface area (TPSA) is 97.4 Å². The normalized spacial score (nSPS) is 11.8. The van der Waals surface area contributed by atoms with Crippen LogP contribution < -0.4 is 15.8 Å². The van der Waals surface area contributed by atoms with E-state index in [9.17, 15) is 22.8 Å². The minimum Gasteiger partial charge on any atom is -0.361 e. The van der Waals surface area contributed by atoms with Crippen molar-refractivity contribution in [3.05, 3.63) is 58.8 Å². The maximum atomic E-state index is 13.1. The van der Waals surface area contributed by atoms with Crippen LogP contribution in [-0.2, 0) is 17.5 Å². The Morgan fingerprint density at radius 3 is 2.65 bits per heavy atom. The number of halogens is 3. The van der Waals surface area contributed by atoms with Crippen LogP contribution >= 0.6 is 0 Å². The summed E-state index contributed by atoms with van der Waals surface area (Å²) < 4.78 is 41.9. The number of rotatable bonds is 4. The standard InChI is InChI=1S/C19H16F3N7O2/c1-27(2)17-14-7-11(19(20,21)22)3-5-13(14)18(31)29(26-17)9-16(30)24-12-4-6-15-25-23-10-28(15)8-12/h3-8,10H,9H2,1-2H3,(H,24,30). The van der Waals surface area contributed by atoms with E-state index in [2.05, 4.69) is 20.6 Å². The van der Waals surface area contributed by atoms with Crippen LogP contribution in [-0.4, -0.2) is 44.4 Å². The minimum absolute atomic E-state index is 0.0328. The number of pyridine rings is 1. The number of benzene rings is 1. The number of hydrogen-bond acceptors (Lipinski definition) is 6. The number of fused-ring (bicyclic) bond motifs is 2. The first kappa shape index (κ1) is 20.3. The summed E-state index contributed by atoms with van der Waals surface area (Å²) in [5.74, 6) is -0.391. The van der Waals surface area contributed by atoms with Crippen LogP contribution in [0.15, 0.2) is 47.7 Å². The summed E-state index contributed by atoms with van der Waals surface area (Å²) in [5.41, 5.74) is -0.504. The lowest BCUT2D eigenvalue weighted by atomic mass is 10.1. The van der Waals surface area contributed by atoms with Gasteiger partial charge < -0.3 is 10.2 Å². The Morgan fingerprint density at radius 2 is 1.94 bits per heavy atom. The molecular formula is C19H16F3N7O2. The van der Waals surface area contributed by atoms with Crippen LogP contribution in [0.4, 0.5) is 24.7 Å². The van der Waals surface area contributed by atoms with Gasteiger partial charge in [-0.05, 0) is 30.3 Å². The van der Waals surface area contributed by atoms with Gasteiger partial charge in [-0.15, -0.1) is 10.2 Å². The average Bonchev–Trinajstić information content (AvgIpc) is 3.16. The van der Waals surface area contributed by atoms with Crippen molar-refractivity contribution in [2.24, 2.45) is 0 Å². The summed E-state index contributed by atoms with van der Waals surface area (Å²) >= 11 is 0. The number of alkyl halides is 3. The molecule has 4 aromatic rings. The van der Waals surface area contributed by atoms with E-state index >= 15 is 0 Å². The molecule has 0 aliphatic rings. The summed E-state index contributed by atoms with van der Waals surface area (Å²) in [6.45, 7) is -0.420. The molecule has 1 amide bonds. The lowest BCUT2D eigenvalue weighted by Gasteiger charge is -2.17. The minimum atomic E-state index is -4.56. The Hall–Kier alpha value is -3.96. The van der Waals surface area contributed by atoms with Crippen molar-refractivity contribution in [3.8, 4) is 0 Å². The number of nitrogens with one attached hydrogen (secondary N) is 1. The maximum Gasteiger partial charge on any atom is 0.416 e. The summed E-state index contributed by atoms with van der Waals surface area (Å²) in [6, 6.07) is 6.11. The van der Waals surface area contributed by atoms with Gasteiger partial charge in [0.05, 0.1) is 16.6 Å². The van der Waals surface area contributed by atoms with Gasteiger partial charge in [-0.25, -0.2) is 4.68 Å². The molecule has 0 aliphatic carbocycles. The molecule has 0 saturated heterocycles. The molecule has 3 aromatic heterocycles. The lowest BCUT2D eigenvalue weighted by molar-refractivity contribution is -0.137.